The molecule has 0 saturated carbocycles. The number of hydrogen-bond donors (Lipinski definition) is 2. The number of carbonyl (C=O) groups is 1. The Hall–Kier alpha value is -2.44. The molecule has 7 heteroatoms. The van der Waals surface area contributed by atoms with E-state index in [0.717, 1.165) is 5.56 Å². The first-order valence-electron chi connectivity index (χ1n) is 7.34. The fourth-order valence-corrected chi connectivity index (χ4v) is 2.33. The maximum absolute atomic E-state index is 12.1. The number of nitro groups is 1. The fourth-order valence-electron chi connectivity index (χ4n) is 2.20. The Bertz CT molecular complexity index is 745. The van der Waals surface area contributed by atoms with Gasteiger partial charge in [-0.3, -0.25) is 20.2 Å². The smallest absolute Gasteiger partial charge is 0.292 e. The molecule has 0 aliphatic heterocycles. The lowest BCUT2D eigenvalue weighted by atomic mass is 9.94. The third-order valence-corrected chi connectivity index (χ3v) is 3.88. The average molecular weight is 348 g/mol. The Morgan fingerprint density at radius 1 is 1.17 bits per heavy atom. The summed E-state index contributed by atoms with van der Waals surface area (Å²) in [5, 5.41) is 17.3. The molecule has 2 aromatic carbocycles. The lowest BCUT2D eigenvalue weighted by Crippen LogP contribution is -2.41. The minimum Gasteiger partial charge on any atom is -0.319 e. The van der Waals surface area contributed by atoms with E-state index in [-0.39, 0.29) is 23.8 Å². The SMILES string of the molecule is CC(C)(NCC(=O)Nc1ccccc1[N+](=O)[O-])c1ccc(Cl)cc1. The van der Waals surface area contributed by atoms with E-state index < -0.39 is 10.5 Å². The molecular formula is C17H18ClN3O3. The highest BCUT2D eigenvalue weighted by atomic mass is 35.5. The molecule has 0 radical (unpaired) electrons. The van der Waals surface area contributed by atoms with Gasteiger partial charge >= 0.3 is 0 Å². The van der Waals surface area contributed by atoms with Gasteiger partial charge in [-0.25, -0.2) is 0 Å². The van der Waals surface area contributed by atoms with Gasteiger partial charge < -0.3 is 5.32 Å². The predicted molar refractivity (Wildman–Crippen MR) is 94.2 cm³/mol. The van der Waals surface area contributed by atoms with Gasteiger partial charge in [0.1, 0.15) is 5.69 Å². The minimum absolute atomic E-state index is 0.0156. The molecule has 0 bridgehead atoms. The van der Waals surface area contributed by atoms with Gasteiger partial charge in [-0.1, -0.05) is 35.9 Å². The number of amides is 1. The van der Waals surface area contributed by atoms with Crippen LogP contribution in [0.5, 0.6) is 0 Å². The Labute approximate surface area is 145 Å². The van der Waals surface area contributed by atoms with Crippen molar-refractivity contribution < 1.29 is 9.72 Å². The van der Waals surface area contributed by atoms with Crippen molar-refractivity contribution in [1.82, 2.24) is 5.32 Å². The van der Waals surface area contributed by atoms with E-state index in [1.54, 1.807) is 24.3 Å². The standard InChI is InChI=1S/C17H18ClN3O3/c1-17(2,12-7-9-13(18)10-8-12)19-11-16(22)20-14-5-3-4-6-15(14)21(23)24/h3-10,19H,11H2,1-2H3,(H,20,22). The number of nitrogens with one attached hydrogen (secondary N) is 2. The van der Waals surface area contributed by atoms with Gasteiger partial charge in [-0.2, -0.15) is 0 Å². The normalized spacial score (nSPS) is 11.1. The molecule has 2 rings (SSSR count). The van der Waals surface area contributed by atoms with Gasteiger partial charge in [0.2, 0.25) is 5.91 Å². The van der Waals surface area contributed by atoms with Crippen LogP contribution in [0.3, 0.4) is 0 Å². The monoisotopic (exact) mass is 347 g/mol. The van der Waals surface area contributed by atoms with Crippen LogP contribution < -0.4 is 10.6 Å². The van der Waals surface area contributed by atoms with Crippen molar-refractivity contribution in [1.29, 1.82) is 0 Å². The first kappa shape index (κ1) is 17.9. The number of para-hydroxylation sites is 2. The first-order valence-corrected chi connectivity index (χ1v) is 7.72. The van der Waals surface area contributed by atoms with Crippen molar-refractivity contribution >= 4 is 28.9 Å². The van der Waals surface area contributed by atoms with E-state index in [1.807, 2.05) is 26.0 Å². The number of benzene rings is 2. The molecule has 0 fully saturated rings. The summed E-state index contributed by atoms with van der Waals surface area (Å²) >= 11 is 5.88. The van der Waals surface area contributed by atoms with Gasteiger partial charge in [0.15, 0.2) is 0 Å². The highest BCUT2D eigenvalue weighted by molar-refractivity contribution is 6.30. The van der Waals surface area contributed by atoms with Gasteiger partial charge in [-0.05, 0) is 37.6 Å². The molecule has 24 heavy (non-hydrogen) atoms. The van der Waals surface area contributed by atoms with Gasteiger partial charge in [0, 0.05) is 16.6 Å². The molecule has 1 amide bonds. The lowest BCUT2D eigenvalue weighted by Gasteiger charge is -2.26. The summed E-state index contributed by atoms with van der Waals surface area (Å²) in [6.45, 7) is 3.89. The molecule has 0 spiro atoms. The Morgan fingerprint density at radius 2 is 1.79 bits per heavy atom. The number of hydrogen-bond acceptors (Lipinski definition) is 4. The van der Waals surface area contributed by atoms with Crippen molar-refractivity contribution in [2.45, 2.75) is 19.4 Å². The van der Waals surface area contributed by atoms with E-state index in [1.165, 1.54) is 12.1 Å². The summed E-state index contributed by atoms with van der Waals surface area (Å²) in [6.07, 6.45) is 0. The second-order valence-corrected chi connectivity index (χ2v) is 6.24. The molecule has 0 heterocycles. The topological polar surface area (TPSA) is 84.3 Å². The molecule has 0 aromatic heterocycles. The van der Waals surface area contributed by atoms with Crippen LogP contribution in [0.25, 0.3) is 0 Å². The van der Waals surface area contributed by atoms with Gasteiger partial charge in [0.05, 0.1) is 11.5 Å². The molecule has 0 atom stereocenters. The molecule has 2 aromatic rings. The zero-order valence-electron chi connectivity index (χ0n) is 13.4. The van der Waals surface area contributed by atoms with Crippen LogP contribution in [0.2, 0.25) is 5.02 Å². The van der Waals surface area contributed by atoms with Crippen LogP contribution in [-0.2, 0) is 10.3 Å². The van der Waals surface area contributed by atoms with E-state index in [0.29, 0.717) is 5.02 Å². The Kier molecular flexibility index (Phi) is 5.54. The summed E-state index contributed by atoms with van der Waals surface area (Å²) in [5.41, 5.74) is 0.566. The molecule has 0 unspecified atom stereocenters. The van der Waals surface area contributed by atoms with Crippen molar-refractivity contribution in [3.8, 4) is 0 Å². The maximum Gasteiger partial charge on any atom is 0.292 e. The van der Waals surface area contributed by atoms with Crippen LogP contribution in [0.1, 0.15) is 19.4 Å². The molecule has 6 nitrogen and oxygen atoms in total. The third kappa shape index (κ3) is 4.53. The van der Waals surface area contributed by atoms with Crippen molar-refractivity contribution in [3.05, 3.63) is 69.2 Å². The van der Waals surface area contributed by atoms with E-state index >= 15 is 0 Å². The van der Waals surface area contributed by atoms with E-state index in [9.17, 15) is 14.9 Å². The number of halogens is 1. The first-order chi connectivity index (χ1) is 11.3. The Balaban J connectivity index is 2.00. The van der Waals surface area contributed by atoms with Crippen LogP contribution in [0, 0.1) is 10.1 Å². The number of nitro benzene ring substituents is 1. The summed E-state index contributed by atoms with van der Waals surface area (Å²) in [5.74, 6) is -0.355. The molecule has 2 N–H and O–H groups in total. The van der Waals surface area contributed by atoms with Crippen LogP contribution in [0.4, 0.5) is 11.4 Å². The summed E-state index contributed by atoms with van der Waals surface area (Å²) in [6, 6.07) is 13.4. The molecule has 126 valence electrons. The molecule has 0 aliphatic rings. The summed E-state index contributed by atoms with van der Waals surface area (Å²) in [4.78, 5) is 22.5. The van der Waals surface area contributed by atoms with Crippen molar-refractivity contribution in [2.24, 2.45) is 0 Å². The number of anilines is 1. The summed E-state index contributed by atoms with van der Waals surface area (Å²) < 4.78 is 0. The highest BCUT2D eigenvalue weighted by Crippen LogP contribution is 2.24. The molecular weight excluding hydrogens is 330 g/mol. The third-order valence-electron chi connectivity index (χ3n) is 3.63. The zero-order valence-corrected chi connectivity index (χ0v) is 14.1. The average Bonchev–Trinajstić information content (AvgIpc) is 2.54. The van der Waals surface area contributed by atoms with Gasteiger partial charge in [0.25, 0.3) is 5.69 Å². The van der Waals surface area contributed by atoms with Crippen molar-refractivity contribution in [3.63, 3.8) is 0 Å². The van der Waals surface area contributed by atoms with Crippen molar-refractivity contribution in [2.75, 3.05) is 11.9 Å². The Morgan fingerprint density at radius 3 is 2.42 bits per heavy atom. The minimum atomic E-state index is -0.527. The van der Waals surface area contributed by atoms with Crippen LogP contribution >= 0.6 is 11.6 Å². The second kappa shape index (κ2) is 7.42. The quantitative estimate of drug-likeness (QED) is 0.616. The van der Waals surface area contributed by atoms with E-state index in [2.05, 4.69) is 10.6 Å². The van der Waals surface area contributed by atoms with Gasteiger partial charge in [-0.15, -0.1) is 0 Å². The van der Waals surface area contributed by atoms with E-state index in [4.69, 9.17) is 11.6 Å². The number of carbonyl (C=O) groups excluding carboxylic acids is 1. The zero-order chi connectivity index (χ0) is 17.7. The van der Waals surface area contributed by atoms with Crippen LogP contribution in [-0.4, -0.2) is 17.4 Å². The molecule has 0 saturated heterocycles. The molecule has 0 aliphatic carbocycles. The lowest BCUT2D eigenvalue weighted by molar-refractivity contribution is -0.383. The fraction of sp³-hybridized carbons (Fsp3) is 0.235. The maximum atomic E-state index is 12.1. The van der Waals surface area contributed by atoms with Crippen LogP contribution in [0.15, 0.2) is 48.5 Å². The second-order valence-electron chi connectivity index (χ2n) is 5.81. The summed E-state index contributed by atoms with van der Waals surface area (Å²) in [7, 11) is 0. The number of rotatable bonds is 6. The largest absolute Gasteiger partial charge is 0.319 e. The predicted octanol–water partition coefficient (Wildman–Crippen LogP) is 3.71. The number of nitrogens with zero attached hydrogens (tertiary/aromatic N) is 1. The highest BCUT2D eigenvalue weighted by Gasteiger charge is 2.21.